The van der Waals surface area contributed by atoms with Gasteiger partial charge in [0.15, 0.2) is 0 Å². The second-order valence-electron chi connectivity index (χ2n) is 5.97. The Labute approximate surface area is 154 Å². The summed E-state index contributed by atoms with van der Waals surface area (Å²) in [4.78, 5) is 12.0. The monoisotopic (exact) mass is 377 g/mol. The molecule has 0 saturated heterocycles. The Kier molecular flexibility index (Phi) is 7.17. The maximum Gasteiger partial charge on any atom is 0.310 e. The van der Waals surface area contributed by atoms with Crippen molar-refractivity contribution in [3.63, 3.8) is 0 Å². The summed E-state index contributed by atoms with van der Waals surface area (Å²) >= 11 is 0. The predicted molar refractivity (Wildman–Crippen MR) is 99.3 cm³/mol. The van der Waals surface area contributed by atoms with Gasteiger partial charge in [0.1, 0.15) is 5.75 Å². The third-order valence-electron chi connectivity index (χ3n) is 3.75. The van der Waals surface area contributed by atoms with Gasteiger partial charge in [0.25, 0.3) is 0 Å². The SMILES string of the molecule is COC(=O)C(CNCc1ccccc1)Cc1ccc(OS(C)(=O)=O)cc1. The second-order valence-corrected chi connectivity index (χ2v) is 7.55. The number of rotatable bonds is 9. The molecule has 0 aromatic heterocycles. The van der Waals surface area contributed by atoms with E-state index in [4.69, 9.17) is 8.92 Å². The number of methoxy groups -OCH3 is 1. The lowest BCUT2D eigenvalue weighted by atomic mass is 9.99. The Morgan fingerprint density at radius 3 is 2.27 bits per heavy atom. The first kappa shape index (κ1) is 19.9. The van der Waals surface area contributed by atoms with Gasteiger partial charge in [-0.3, -0.25) is 4.79 Å². The van der Waals surface area contributed by atoms with E-state index < -0.39 is 10.1 Å². The van der Waals surface area contributed by atoms with E-state index in [1.165, 1.54) is 7.11 Å². The summed E-state index contributed by atoms with van der Waals surface area (Å²) in [6.45, 7) is 1.14. The molecule has 1 N–H and O–H groups in total. The highest BCUT2D eigenvalue weighted by Crippen LogP contribution is 2.17. The second kappa shape index (κ2) is 9.35. The summed E-state index contributed by atoms with van der Waals surface area (Å²) in [5, 5.41) is 3.27. The van der Waals surface area contributed by atoms with Crippen LogP contribution in [-0.4, -0.2) is 34.3 Å². The van der Waals surface area contributed by atoms with E-state index >= 15 is 0 Å². The first-order chi connectivity index (χ1) is 12.4. The van der Waals surface area contributed by atoms with E-state index in [1.54, 1.807) is 24.3 Å². The van der Waals surface area contributed by atoms with Crippen molar-refractivity contribution in [2.45, 2.75) is 13.0 Å². The van der Waals surface area contributed by atoms with Crippen LogP contribution in [0.5, 0.6) is 5.75 Å². The van der Waals surface area contributed by atoms with Gasteiger partial charge in [-0.1, -0.05) is 42.5 Å². The molecule has 0 saturated carbocycles. The minimum absolute atomic E-state index is 0.244. The maximum atomic E-state index is 12.0. The maximum absolute atomic E-state index is 12.0. The van der Waals surface area contributed by atoms with E-state index in [0.717, 1.165) is 17.4 Å². The lowest BCUT2D eigenvalue weighted by Crippen LogP contribution is -2.30. The zero-order chi connectivity index (χ0) is 19.0. The standard InChI is InChI=1S/C19H23NO5S/c1-24-19(21)17(14-20-13-16-6-4-3-5-7-16)12-15-8-10-18(11-9-15)25-26(2,22)23/h3-11,17,20H,12-14H2,1-2H3. The molecule has 1 atom stereocenters. The quantitative estimate of drug-likeness (QED) is 0.533. The average molecular weight is 377 g/mol. The summed E-state index contributed by atoms with van der Waals surface area (Å²) in [6, 6.07) is 16.6. The van der Waals surface area contributed by atoms with Crippen LogP contribution in [0.15, 0.2) is 54.6 Å². The summed E-state index contributed by atoms with van der Waals surface area (Å²) in [6.07, 6.45) is 1.47. The Bertz CT molecular complexity index is 804. The zero-order valence-electron chi connectivity index (χ0n) is 14.8. The Balaban J connectivity index is 1.95. The van der Waals surface area contributed by atoms with E-state index in [1.807, 2.05) is 30.3 Å². The van der Waals surface area contributed by atoms with Crippen LogP contribution in [0.25, 0.3) is 0 Å². The Morgan fingerprint density at radius 1 is 1.04 bits per heavy atom. The zero-order valence-corrected chi connectivity index (χ0v) is 15.7. The van der Waals surface area contributed by atoms with Gasteiger partial charge in [-0.25, -0.2) is 0 Å². The number of carbonyl (C=O) groups is 1. The fourth-order valence-corrected chi connectivity index (χ4v) is 2.99. The minimum Gasteiger partial charge on any atom is -0.469 e. The number of hydrogen-bond acceptors (Lipinski definition) is 6. The highest BCUT2D eigenvalue weighted by molar-refractivity contribution is 7.86. The van der Waals surface area contributed by atoms with Crippen molar-refractivity contribution >= 4 is 16.1 Å². The van der Waals surface area contributed by atoms with Crippen LogP contribution >= 0.6 is 0 Å². The summed E-state index contributed by atoms with van der Waals surface area (Å²) in [5.74, 6) is -0.388. The first-order valence-electron chi connectivity index (χ1n) is 8.18. The molecule has 0 aliphatic heterocycles. The van der Waals surface area contributed by atoms with E-state index in [2.05, 4.69) is 5.32 Å². The van der Waals surface area contributed by atoms with Gasteiger partial charge >= 0.3 is 16.1 Å². The number of carbonyl (C=O) groups excluding carboxylic acids is 1. The molecule has 2 aromatic carbocycles. The van der Waals surface area contributed by atoms with Crippen LogP contribution in [0.3, 0.4) is 0 Å². The van der Waals surface area contributed by atoms with Gasteiger partial charge in [-0.05, 0) is 29.7 Å². The van der Waals surface area contributed by atoms with Crippen molar-refractivity contribution < 1.29 is 22.1 Å². The molecular formula is C19H23NO5S. The summed E-state index contributed by atoms with van der Waals surface area (Å²) in [5.41, 5.74) is 2.03. The average Bonchev–Trinajstić information content (AvgIpc) is 2.61. The molecule has 0 heterocycles. The molecule has 0 radical (unpaired) electrons. The van der Waals surface area contributed by atoms with Crippen LogP contribution in [0, 0.1) is 5.92 Å². The van der Waals surface area contributed by atoms with Gasteiger partial charge < -0.3 is 14.2 Å². The van der Waals surface area contributed by atoms with Crippen molar-refractivity contribution in [1.29, 1.82) is 0 Å². The van der Waals surface area contributed by atoms with Gasteiger partial charge in [0.2, 0.25) is 0 Å². The van der Waals surface area contributed by atoms with Crippen molar-refractivity contribution in [3.05, 3.63) is 65.7 Å². The van der Waals surface area contributed by atoms with Gasteiger partial charge in [-0.15, -0.1) is 0 Å². The Hall–Kier alpha value is -2.38. The van der Waals surface area contributed by atoms with E-state index in [-0.39, 0.29) is 17.6 Å². The number of ether oxygens (including phenoxy) is 1. The third-order valence-corrected chi connectivity index (χ3v) is 4.25. The van der Waals surface area contributed by atoms with E-state index in [0.29, 0.717) is 19.5 Å². The lowest BCUT2D eigenvalue weighted by molar-refractivity contribution is -0.145. The molecule has 0 amide bonds. The van der Waals surface area contributed by atoms with Gasteiger partial charge in [-0.2, -0.15) is 8.42 Å². The van der Waals surface area contributed by atoms with Gasteiger partial charge in [0.05, 0.1) is 19.3 Å². The minimum atomic E-state index is -3.55. The summed E-state index contributed by atoms with van der Waals surface area (Å²) < 4.78 is 32.0. The van der Waals surface area contributed by atoms with Crippen LogP contribution in [-0.2, 0) is 32.6 Å². The fourth-order valence-electron chi connectivity index (χ4n) is 2.53. The smallest absolute Gasteiger partial charge is 0.310 e. The first-order valence-corrected chi connectivity index (χ1v) is 10.00. The van der Waals surface area contributed by atoms with E-state index in [9.17, 15) is 13.2 Å². The number of esters is 1. The van der Waals surface area contributed by atoms with Crippen molar-refractivity contribution in [2.24, 2.45) is 5.92 Å². The molecule has 0 aliphatic rings. The van der Waals surface area contributed by atoms with Gasteiger partial charge in [0, 0.05) is 13.1 Å². The molecule has 140 valence electrons. The van der Waals surface area contributed by atoms with Crippen molar-refractivity contribution in [3.8, 4) is 5.75 Å². The molecule has 0 bridgehead atoms. The highest BCUT2D eigenvalue weighted by atomic mass is 32.2. The van der Waals surface area contributed by atoms with Crippen molar-refractivity contribution in [1.82, 2.24) is 5.32 Å². The molecule has 0 spiro atoms. The van der Waals surface area contributed by atoms with Crippen LogP contribution in [0.4, 0.5) is 0 Å². The molecule has 7 heteroatoms. The number of nitrogens with one attached hydrogen (secondary N) is 1. The highest BCUT2D eigenvalue weighted by Gasteiger charge is 2.19. The number of hydrogen-bond donors (Lipinski definition) is 1. The molecular weight excluding hydrogens is 354 g/mol. The molecule has 2 aromatic rings. The Morgan fingerprint density at radius 2 is 1.69 bits per heavy atom. The molecule has 2 rings (SSSR count). The number of benzene rings is 2. The van der Waals surface area contributed by atoms with Crippen molar-refractivity contribution in [2.75, 3.05) is 19.9 Å². The molecule has 6 nitrogen and oxygen atoms in total. The van der Waals surface area contributed by atoms with Crippen LogP contribution < -0.4 is 9.50 Å². The lowest BCUT2D eigenvalue weighted by Gasteiger charge is -2.16. The molecule has 0 fully saturated rings. The normalized spacial score (nSPS) is 12.4. The third kappa shape index (κ3) is 6.85. The fraction of sp³-hybridized carbons (Fsp3) is 0.316. The molecule has 0 aliphatic carbocycles. The summed E-state index contributed by atoms with van der Waals surface area (Å²) in [7, 11) is -2.18. The topological polar surface area (TPSA) is 81.7 Å². The molecule has 26 heavy (non-hydrogen) atoms. The van der Waals surface area contributed by atoms with Crippen LogP contribution in [0.2, 0.25) is 0 Å². The van der Waals surface area contributed by atoms with Crippen LogP contribution in [0.1, 0.15) is 11.1 Å². The largest absolute Gasteiger partial charge is 0.469 e. The predicted octanol–water partition coefficient (Wildman–Crippen LogP) is 2.15. The molecule has 1 unspecified atom stereocenters.